The summed E-state index contributed by atoms with van der Waals surface area (Å²) in [6, 6.07) is 12.0. The highest BCUT2D eigenvalue weighted by molar-refractivity contribution is 9.10. The first-order chi connectivity index (χ1) is 9.22. The normalized spacial score (nSPS) is 18.0. The Morgan fingerprint density at radius 3 is 2.74 bits per heavy atom. The van der Waals surface area contributed by atoms with E-state index in [0.717, 1.165) is 33.8 Å². The molecule has 2 heterocycles. The molecule has 19 heavy (non-hydrogen) atoms. The molecule has 0 aliphatic carbocycles. The molecule has 1 unspecified atom stereocenters. The van der Waals surface area contributed by atoms with Gasteiger partial charge in [0.15, 0.2) is 6.10 Å². The van der Waals surface area contributed by atoms with Crippen LogP contribution in [0.25, 0.3) is 0 Å². The lowest BCUT2D eigenvalue weighted by Crippen LogP contribution is -2.05. The molecule has 0 bridgehead atoms. The van der Waals surface area contributed by atoms with E-state index < -0.39 is 0 Å². The van der Waals surface area contributed by atoms with E-state index in [1.54, 1.807) is 0 Å². The standard InChI is InChI=1S/C14H12BrN3O/c1-9-16-11(8-14(15)17-9)12-7-13(19-18-12)10-5-3-2-4-6-10/h2-6,8,13H,7H2,1H3. The molecule has 0 saturated heterocycles. The summed E-state index contributed by atoms with van der Waals surface area (Å²) >= 11 is 3.37. The minimum atomic E-state index is -0.0229. The summed E-state index contributed by atoms with van der Waals surface area (Å²) < 4.78 is 0.765. The van der Waals surface area contributed by atoms with Gasteiger partial charge in [-0.05, 0) is 34.5 Å². The van der Waals surface area contributed by atoms with Crippen LogP contribution in [0.4, 0.5) is 0 Å². The van der Waals surface area contributed by atoms with Crippen LogP contribution >= 0.6 is 15.9 Å². The highest BCUT2D eigenvalue weighted by Crippen LogP contribution is 2.29. The van der Waals surface area contributed by atoms with Gasteiger partial charge in [-0.1, -0.05) is 35.5 Å². The molecule has 0 saturated carbocycles. The second kappa shape index (κ2) is 5.09. The highest BCUT2D eigenvalue weighted by atomic mass is 79.9. The van der Waals surface area contributed by atoms with Crippen LogP contribution in [-0.4, -0.2) is 15.7 Å². The van der Waals surface area contributed by atoms with Crippen molar-refractivity contribution in [1.29, 1.82) is 0 Å². The Bertz CT molecular complexity index is 608. The largest absolute Gasteiger partial charge is 0.387 e. The van der Waals surface area contributed by atoms with Crippen molar-refractivity contribution in [3.63, 3.8) is 0 Å². The van der Waals surface area contributed by atoms with Crippen molar-refractivity contribution in [1.82, 2.24) is 9.97 Å². The summed E-state index contributed by atoms with van der Waals surface area (Å²) in [6.45, 7) is 1.86. The Morgan fingerprint density at radius 2 is 2.00 bits per heavy atom. The van der Waals surface area contributed by atoms with Crippen molar-refractivity contribution in [2.45, 2.75) is 19.4 Å². The number of hydrogen-bond donors (Lipinski definition) is 0. The summed E-state index contributed by atoms with van der Waals surface area (Å²) in [4.78, 5) is 14.1. The summed E-state index contributed by atoms with van der Waals surface area (Å²) in [5.74, 6) is 0.718. The monoisotopic (exact) mass is 317 g/mol. The number of oxime groups is 1. The van der Waals surface area contributed by atoms with Crippen LogP contribution in [0.3, 0.4) is 0 Å². The predicted molar refractivity (Wildman–Crippen MR) is 75.9 cm³/mol. The van der Waals surface area contributed by atoms with E-state index in [1.165, 1.54) is 0 Å². The number of aryl methyl sites for hydroxylation is 1. The molecular weight excluding hydrogens is 306 g/mol. The average molecular weight is 318 g/mol. The molecule has 0 amide bonds. The predicted octanol–water partition coefficient (Wildman–Crippen LogP) is 3.41. The Balaban J connectivity index is 1.82. The lowest BCUT2D eigenvalue weighted by atomic mass is 10.0. The third-order valence-electron chi connectivity index (χ3n) is 2.94. The van der Waals surface area contributed by atoms with Gasteiger partial charge in [-0.15, -0.1) is 0 Å². The van der Waals surface area contributed by atoms with Gasteiger partial charge in [-0.25, -0.2) is 9.97 Å². The Morgan fingerprint density at radius 1 is 1.21 bits per heavy atom. The van der Waals surface area contributed by atoms with Crippen molar-refractivity contribution < 1.29 is 4.84 Å². The summed E-state index contributed by atoms with van der Waals surface area (Å²) in [5, 5.41) is 4.15. The van der Waals surface area contributed by atoms with Gasteiger partial charge in [-0.3, -0.25) is 0 Å². The molecule has 4 nitrogen and oxygen atoms in total. The van der Waals surface area contributed by atoms with Gasteiger partial charge < -0.3 is 4.84 Å². The summed E-state index contributed by atoms with van der Waals surface area (Å²) in [7, 11) is 0. The van der Waals surface area contributed by atoms with Crippen molar-refractivity contribution >= 4 is 21.6 Å². The third-order valence-corrected chi connectivity index (χ3v) is 3.35. The zero-order chi connectivity index (χ0) is 13.2. The first-order valence-electron chi connectivity index (χ1n) is 6.01. The molecule has 0 radical (unpaired) electrons. The van der Waals surface area contributed by atoms with Crippen molar-refractivity contribution in [2.24, 2.45) is 5.16 Å². The zero-order valence-electron chi connectivity index (χ0n) is 10.4. The molecule has 0 N–H and O–H groups in total. The maximum absolute atomic E-state index is 5.50. The van der Waals surface area contributed by atoms with Crippen LogP contribution in [0.5, 0.6) is 0 Å². The van der Waals surface area contributed by atoms with Gasteiger partial charge in [0.1, 0.15) is 16.1 Å². The SMILES string of the molecule is Cc1nc(Br)cc(C2=NOC(c3ccccc3)C2)n1. The van der Waals surface area contributed by atoms with E-state index >= 15 is 0 Å². The van der Waals surface area contributed by atoms with E-state index in [2.05, 4.69) is 31.1 Å². The highest BCUT2D eigenvalue weighted by Gasteiger charge is 2.24. The minimum absolute atomic E-state index is 0.0229. The number of benzene rings is 1. The summed E-state index contributed by atoms with van der Waals surface area (Å²) in [5.41, 5.74) is 2.81. The fourth-order valence-corrected chi connectivity index (χ4v) is 2.53. The van der Waals surface area contributed by atoms with E-state index in [-0.39, 0.29) is 6.10 Å². The Labute approximate surface area is 119 Å². The molecule has 1 aromatic carbocycles. The van der Waals surface area contributed by atoms with E-state index in [0.29, 0.717) is 0 Å². The fourth-order valence-electron chi connectivity index (χ4n) is 2.05. The minimum Gasteiger partial charge on any atom is -0.387 e. The van der Waals surface area contributed by atoms with Gasteiger partial charge in [0.25, 0.3) is 0 Å². The van der Waals surface area contributed by atoms with E-state index in [4.69, 9.17) is 4.84 Å². The molecule has 96 valence electrons. The van der Waals surface area contributed by atoms with Crippen LogP contribution in [0.2, 0.25) is 0 Å². The molecule has 1 atom stereocenters. The number of halogens is 1. The average Bonchev–Trinajstić information content (AvgIpc) is 2.88. The maximum Gasteiger partial charge on any atom is 0.158 e. The molecule has 0 fully saturated rings. The lowest BCUT2D eigenvalue weighted by Gasteiger charge is -2.07. The zero-order valence-corrected chi connectivity index (χ0v) is 12.0. The maximum atomic E-state index is 5.50. The smallest absolute Gasteiger partial charge is 0.158 e. The van der Waals surface area contributed by atoms with Crippen LogP contribution in [0.15, 0.2) is 46.2 Å². The number of rotatable bonds is 2. The first-order valence-corrected chi connectivity index (χ1v) is 6.81. The fraction of sp³-hybridized carbons (Fsp3) is 0.214. The Hall–Kier alpha value is -1.75. The topological polar surface area (TPSA) is 47.4 Å². The van der Waals surface area contributed by atoms with Gasteiger partial charge in [0.2, 0.25) is 0 Å². The summed E-state index contributed by atoms with van der Waals surface area (Å²) in [6.07, 6.45) is 0.706. The number of hydrogen-bond acceptors (Lipinski definition) is 4. The van der Waals surface area contributed by atoms with Crippen molar-refractivity contribution in [3.8, 4) is 0 Å². The van der Waals surface area contributed by atoms with Crippen molar-refractivity contribution in [3.05, 3.63) is 58.1 Å². The quantitative estimate of drug-likeness (QED) is 0.797. The molecule has 3 rings (SSSR count). The molecule has 1 aliphatic heterocycles. The van der Waals surface area contributed by atoms with Gasteiger partial charge in [-0.2, -0.15) is 0 Å². The Kier molecular flexibility index (Phi) is 3.29. The van der Waals surface area contributed by atoms with Gasteiger partial charge >= 0.3 is 0 Å². The second-order valence-corrected chi connectivity index (χ2v) is 5.18. The number of aromatic nitrogens is 2. The third kappa shape index (κ3) is 2.66. The first kappa shape index (κ1) is 12.3. The van der Waals surface area contributed by atoms with Crippen molar-refractivity contribution in [2.75, 3.05) is 0 Å². The van der Waals surface area contributed by atoms with E-state index in [9.17, 15) is 0 Å². The second-order valence-electron chi connectivity index (χ2n) is 4.37. The molecule has 1 aromatic heterocycles. The number of nitrogens with zero attached hydrogens (tertiary/aromatic N) is 3. The molecular formula is C14H12BrN3O. The van der Waals surface area contributed by atoms with Gasteiger partial charge in [0, 0.05) is 6.42 Å². The van der Waals surface area contributed by atoms with Gasteiger partial charge in [0.05, 0.1) is 5.69 Å². The van der Waals surface area contributed by atoms with Crippen LogP contribution < -0.4 is 0 Å². The molecule has 1 aliphatic rings. The van der Waals surface area contributed by atoms with E-state index in [1.807, 2.05) is 43.3 Å². The molecule has 0 spiro atoms. The lowest BCUT2D eigenvalue weighted by molar-refractivity contribution is 0.0857. The van der Waals surface area contributed by atoms with Crippen LogP contribution in [-0.2, 0) is 4.84 Å². The van der Waals surface area contributed by atoms with Crippen LogP contribution in [0.1, 0.15) is 29.6 Å². The van der Waals surface area contributed by atoms with Crippen LogP contribution in [0, 0.1) is 6.92 Å². The molecule has 5 heteroatoms. The molecule has 2 aromatic rings.